The van der Waals surface area contributed by atoms with Crippen LogP contribution < -0.4 is 10.1 Å². The molecule has 0 aromatic heterocycles. The van der Waals surface area contributed by atoms with Crippen molar-refractivity contribution in [3.05, 3.63) is 22.7 Å². The normalized spacial score (nSPS) is 17.1. The Morgan fingerprint density at radius 1 is 1.25 bits per heavy atom. The predicted molar refractivity (Wildman–Crippen MR) is 71.2 cm³/mol. The summed E-state index contributed by atoms with van der Waals surface area (Å²) in [6.45, 7) is 0. The van der Waals surface area contributed by atoms with Crippen LogP contribution in [0.15, 0.2) is 22.7 Å². The molecule has 2 nitrogen and oxygen atoms in total. The molecular weight excluding hydrogens is 266 g/mol. The Bertz CT molecular complexity index is 348. The first-order valence-electron chi connectivity index (χ1n) is 5.89. The van der Waals surface area contributed by atoms with E-state index in [9.17, 15) is 0 Å². The second-order valence-corrected chi connectivity index (χ2v) is 5.18. The molecule has 1 saturated carbocycles. The maximum absolute atomic E-state index is 5.29. The van der Waals surface area contributed by atoms with Crippen LogP contribution in [0.2, 0.25) is 0 Å². The number of methoxy groups -OCH3 is 1. The number of hydrogen-bond donors (Lipinski definition) is 1. The average molecular weight is 284 g/mol. The number of halogens is 1. The number of hydrogen-bond acceptors (Lipinski definition) is 2. The lowest BCUT2D eigenvalue weighted by atomic mass is 9.95. The van der Waals surface area contributed by atoms with Gasteiger partial charge in [0.15, 0.2) is 0 Å². The molecule has 0 spiro atoms. The van der Waals surface area contributed by atoms with Crippen LogP contribution in [-0.2, 0) is 0 Å². The quantitative estimate of drug-likeness (QED) is 0.898. The molecule has 0 aliphatic heterocycles. The van der Waals surface area contributed by atoms with Crippen molar-refractivity contribution in [1.82, 2.24) is 0 Å². The molecule has 1 aliphatic carbocycles. The summed E-state index contributed by atoms with van der Waals surface area (Å²) in [7, 11) is 1.70. The van der Waals surface area contributed by atoms with Crippen LogP contribution in [0.4, 0.5) is 5.69 Å². The van der Waals surface area contributed by atoms with Gasteiger partial charge in [0.25, 0.3) is 0 Å². The lowest BCUT2D eigenvalue weighted by Gasteiger charge is -2.24. The van der Waals surface area contributed by atoms with Crippen LogP contribution in [0, 0.1) is 0 Å². The number of nitrogens with one attached hydrogen (secondary N) is 1. The van der Waals surface area contributed by atoms with Crippen LogP contribution in [-0.4, -0.2) is 13.2 Å². The molecule has 2 rings (SSSR count). The van der Waals surface area contributed by atoms with Crippen LogP contribution in [0.25, 0.3) is 0 Å². The number of ether oxygens (including phenoxy) is 1. The number of benzene rings is 1. The Labute approximate surface area is 106 Å². The maximum atomic E-state index is 5.29. The van der Waals surface area contributed by atoms with Gasteiger partial charge in [0.05, 0.1) is 11.6 Å². The molecule has 88 valence electrons. The van der Waals surface area contributed by atoms with Gasteiger partial charge in [-0.25, -0.2) is 0 Å². The smallest absolute Gasteiger partial charge is 0.135 e. The Morgan fingerprint density at radius 3 is 2.69 bits per heavy atom. The van der Waals surface area contributed by atoms with Gasteiger partial charge in [-0.15, -0.1) is 0 Å². The van der Waals surface area contributed by atoms with Gasteiger partial charge in [0.1, 0.15) is 5.75 Å². The zero-order valence-corrected chi connectivity index (χ0v) is 11.2. The molecule has 0 atom stereocenters. The van der Waals surface area contributed by atoms with Gasteiger partial charge in [-0.1, -0.05) is 19.3 Å². The zero-order valence-electron chi connectivity index (χ0n) is 9.63. The Morgan fingerprint density at radius 2 is 2.00 bits per heavy atom. The van der Waals surface area contributed by atoms with Crippen molar-refractivity contribution >= 4 is 21.6 Å². The second-order valence-electron chi connectivity index (χ2n) is 4.33. The molecule has 1 N–H and O–H groups in total. The van der Waals surface area contributed by atoms with E-state index in [1.54, 1.807) is 7.11 Å². The van der Waals surface area contributed by atoms with Crippen molar-refractivity contribution in [2.75, 3.05) is 12.4 Å². The Hall–Kier alpha value is -0.700. The summed E-state index contributed by atoms with van der Waals surface area (Å²) in [4.78, 5) is 0. The lowest BCUT2D eigenvalue weighted by molar-refractivity contribution is 0.412. The molecule has 0 unspecified atom stereocenters. The van der Waals surface area contributed by atoms with E-state index in [2.05, 4.69) is 33.4 Å². The van der Waals surface area contributed by atoms with E-state index in [4.69, 9.17) is 4.74 Å². The van der Waals surface area contributed by atoms with E-state index >= 15 is 0 Å². The molecule has 1 fully saturated rings. The summed E-state index contributed by atoms with van der Waals surface area (Å²) < 4.78 is 6.29. The van der Waals surface area contributed by atoms with E-state index in [1.165, 1.54) is 32.1 Å². The van der Waals surface area contributed by atoms with Crippen molar-refractivity contribution in [2.24, 2.45) is 0 Å². The predicted octanol–water partition coefficient (Wildman–Crippen LogP) is 4.20. The molecule has 1 aliphatic rings. The van der Waals surface area contributed by atoms with E-state index < -0.39 is 0 Å². The van der Waals surface area contributed by atoms with Crippen molar-refractivity contribution in [3.8, 4) is 5.75 Å². The van der Waals surface area contributed by atoms with Crippen LogP contribution in [0.5, 0.6) is 5.75 Å². The average Bonchev–Trinajstić information content (AvgIpc) is 2.33. The zero-order chi connectivity index (χ0) is 11.4. The highest BCUT2D eigenvalue weighted by Crippen LogP contribution is 2.29. The van der Waals surface area contributed by atoms with Gasteiger partial charge in [-0.05, 0) is 40.9 Å². The van der Waals surface area contributed by atoms with Crippen molar-refractivity contribution in [2.45, 2.75) is 38.1 Å². The fourth-order valence-corrected chi connectivity index (χ4v) is 2.64. The van der Waals surface area contributed by atoms with Gasteiger partial charge in [-0.2, -0.15) is 0 Å². The van der Waals surface area contributed by atoms with Crippen LogP contribution in [0.1, 0.15) is 32.1 Å². The molecule has 0 amide bonds. The fraction of sp³-hybridized carbons (Fsp3) is 0.538. The summed E-state index contributed by atoms with van der Waals surface area (Å²) in [5.74, 6) is 0.890. The van der Waals surface area contributed by atoms with E-state index in [0.29, 0.717) is 6.04 Å². The molecule has 0 heterocycles. The van der Waals surface area contributed by atoms with Gasteiger partial charge in [-0.3, -0.25) is 0 Å². The second kappa shape index (κ2) is 5.58. The first-order chi connectivity index (χ1) is 7.79. The number of anilines is 1. The standard InChI is InChI=1S/C13H18BrNO/c1-16-13-9-11(7-8-12(13)14)15-10-5-3-2-4-6-10/h7-10,15H,2-6H2,1H3. The molecule has 1 aromatic carbocycles. The Balaban J connectivity index is 2.03. The van der Waals surface area contributed by atoms with Crippen LogP contribution in [0.3, 0.4) is 0 Å². The van der Waals surface area contributed by atoms with Gasteiger partial charge in [0, 0.05) is 17.8 Å². The fourth-order valence-electron chi connectivity index (χ4n) is 2.23. The SMILES string of the molecule is COc1cc(NC2CCCCC2)ccc1Br. The molecular formula is C13H18BrNO. The third kappa shape index (κ3) is 2.91. The summed E-state index contributed by atoms with van der Waals surface area (Å²) in [6.07, 6.45) is 6.68. The summed E-state index contributed by atoms with van der Waals surface area (Å²) in [6, 6.07) is 6.82. The van der Waals surface area contributed by atoms with Gasteiger partial charge in [0.2, 0.25) is 0 Å². The summed E-state index contributed by atoms with van der Waals surface area (Å²) >= 11 is 3.46. The van der Waals surface area contributed by atoms with Gasteiger partial charge < -0.3 is 10.1 Å². The minimum Gasteiger partial charge on any atom is -0.495 e. The highest BCUT2D eigenvalue weighted by molar-refractivity contribution is 9.10. The Kier molecular flexibility index (Phi) is 4.10. The minimum atomic E-state index is 0.639. The summed E-state index contributed by atoms with van der Waals surface area (Å²) in [5, 5.41) is 3.58. The summed E-state index contributed by atoms with van der Waals surface area (Å²) in [5.41, 5.74) is 1.16. The monoisotopic (exact) mass is 283 g/mol. The van der Waals surface area contributed by atoms with E-state index in [1.807, 2.05) is 6.07 Å². The lowest BCUT2D eigenvalue weighted by Crippen LogP contribution is -2.22. The molecule has 0 saturated heterocycles. The van der Waals surface area contributed by atoms with E-state index in [-0.39, 0.29) is 0 Å². The van der Waals surface area contributed by atoms with Crippen molar-refractivity contribution in [1.29, 1.82) is 0 Å². The molecule has 0 radical (unpaired) electrons. The number of rotatable bonds is 3. The molecule has 1 aromatic rings. The van der Waals surface area contributed by atoms with Crippen LogP contribution >= 0.6 is 15.9 Å². The minimum absolute atomic E-state index is 0.639. The highest BCUT2D eigenvalue weighted by Gasteiger charge is 2.13. The molecule has 3 heteroatoms. The first kappa shape index (κ1) is 11.8. The maximum Gasteiger partial charge on any atom is 0.135 e. The van der Waals surface area contributed by atoms with Crippen molar-refractivity contribution < 1.29 is 4.74 Å². The highest BCUT2D eigenvalue weighted by atomic mass is 79.9. The van der Waals surface area contributed by atoms with E-state index in [0.717, 1.165) is 15.9 Å². The first-order valence-corrected chi connectivity index (χ1v) is 6.69. The topological polar surface area (TPSA) is 21.3 Å². The largest absolute Gasteiger partial charge is 0.495 e. The third-order valence-corrected chi connectivity index (χ3v) is 3.78. The third-order valence-electron chi connectivity index (χ3n) is 3.13. The molecule has 0 bridgehead atoms. The van der Waals surface area contributed by atoms with Gasteiger partial charge >= 0.3 is 0 Å². The molecule has 16 heavy (non-hydrogen) atoms. The van der Waals surface area contributed by atoms with Crippen molar-refractivity contribution in [3.63, 3.8) is 0 Å².